The molecule has 0 saturated heterocycles. The SMILES string of the molecule is CCOc1ccc2nc(NC(=O)COc3ccc4ccc(=O)oc4c3)sc2c1. The maximum absolute atomic E-state index is 12.2. The lowest BCUT2D eigenvalue weighted by Gasteiger charge is -2.06. The van der Waals surface area contributed by atoms with Gasteiger partial charge in [-0.1, -0.05) is 11.3 Å². The van der Waals surface area contributed by atoms with Gasteiger partial charge in [-0.2, -0.15) is 0 Å². The molecule has 28 heavy (non-hydrogen) atoms. The Morgan fingerprint density at radius 3 is 2.75 bits per heavy atom. The van der Waals surface area contributed by atoms with E-state index in [-0.39, 0.29) is 12.5 Å². The molecule has 0 aliphatic heterocycles. The number of carbonyl (C=O) groups excluding carboxylic acids is 1. The number of ether oxygens (including phenoxy) is 2. The zero-order valence-corrected chi connectivity index (χ0v) is 15.7. The van der Waals surface area contributed by atoms with E-state index in [1.807, 2.05) is 25.1 Å². The molecule has 2 heterocycles. The van der Waals surface area contributed by atoms with Gasteiger partial charge in [0.1, 0.15) is 17.1 Å². The van der Waals surface area contributed by atoms with Crippen molar-refractivity contribution in [2.24, 2.45) is 0 Å². The lowest BCUT2D eigenvalue weighted by atomic mass is 10.2. The Morgan fingerprint density at radius 2 is 1.89 bits per heavy atom. The smallest absolute Gasteiger partial charge is 0.336 e. The summed E-state index contributed by atoms with van der Waals surface area (Å²) >= 11 is 1.36. The molecule has 1 amide bonds. The number of thiazole rings is 1. The van der Waals surface area contributed by atoms with E-state index in [9.17, 15) is 9.59 Å². The van der Waals surface area contributed by atoms with Crippen molar-refractivity contribution in [1.29, 1.82) is 0 Å². The highest BCUT2D eigenvalue weighted by molar-refractivity contribution is 7.22. The molecule has 0 aliphatic carbocycles. The van der Waals surface area contributed by atoms with Crippen LogP contribution in [0.5, 0.6) is 11.5 Å². The topological polar surface area (TPSA) is 90.7 Å². The second-order valence-electron chi connectivity index (χ2n) is 5.87. The number of carbonyl (C=O) groups is 1. The van der Waals surface area contributed by atoms with Crippen LogP contribution in [-0.2, 0) is 4.79 Å². The molecule has 1 N–H and O–H groups in total. The predicted octanol–water partition coefficient (Wildman–Crippen LogP) is 3.82. The van der Waals surface area contributed by atoms with E-state index in [0.717, 1.165) is 21.4 Å². The van der Waals surface area contributed by atoms with Gasteiger partial charge < -0.3 is 13.9 Å². The van der Waals surface area contributed by atoms with Crippen LogP contribution in [0.15, 0.2) is 57.7 Å². The lowest BCUT2D eigenvalue weighted by molar-refractivity contribution is -0.118. The number of hydrogen-bond acceptors (Lipinski definition) is 7. The van der Waals surface area contributed by atoms with E-state index in [4.69, 9.17) is 13.9 Å². The van der Waals surface area contributed by atoms with Gasteiger partial charge >= 0.3 is 5.63 Å². The molecule has 2 aromatic heterocycles. The highest BCUT2D eigenvalue weighted by Gasteiger charge is 2.10. The molecule has 0 spiro atoms. The molecule has 0 bridgehead atoms. The van der Waals surface area contributed by atoms with Crippen LogP contribution in [0.1, 0.15) is 6.92 Å². The third-order valence-electron chi connectivity index (χ3n) is 3.88. The second kappa shape index (κ2) is 7.69. The Hall–Kier alpha value is -3.39. The summed E-state index contributed by atoms with van der Waals surface area (Å²) in [5.74, 6) is 0.865. The van der Waals surface area contributed by atoms with Gasteiger partial charge in [-0.3, -0.25) is 10.1 Å². The largest absolute Gasteiger partial charge is 0.494 e. The van der Waals surface area contributed by atoms with Crippen molar-refractivity contribution in [3.05, 3.63) is 59.0 Å². The first-order chi connectivity index (χ1) is 13.6. The molecule has 8 heteroatoms. The number of anilines is 1. The summed E-state index contributed by atoms with van der Waals surface area (Å²) in [6.07, 6.45) is 0. The normalized spacial score (nSPS) is 10.9. The zero-order valence-electron chi connectivity index (χ0n) is 14.9. The number of rotatable bonds is 6. The highest BCUT2D eigenvalue weighted by Crippen LogP contribution is 2.29. The van der Waals surface area contributed by atoms with Crippen molar-refractivity contribution in [3.63, 3.8) is 0 Å². The van der Waals surface area contributed by atoms with Crippen molar-refractivity contribution in [1.82, 2.24) is 4.98 Å². The molecule has 0 aliphatic rings. The van der Waals surface area contributed by atoms with Crippen molar-refractivity contribution in [3.8, 4) is 11.5 Å². The molecule has 2 aromatic carbocycles. The van der Waals surface area contributed by atoms with Crippen molar-refractivity contribution in [2.45, 2.75) is 6.92 Å². The number of amides is 1. The van der Waals surface area contributed by atoms with E-state index in [1.165, 1.54) is 17.4 Å². The molecule has 142 valence electrons. The molecule has 0 atom stereocenters. The first-order valence-corrected chi connectivity index (χ1v) is 9.42. The number of fused-ring (bicyclic) bond motifs is 2. The van der Waals surface area contributed by atoms with E-state index in [1.54, 1.807) is 24.3 Å². The van der Waals surface area contributed by atoms with Crippen LogP contribution in [0.2, 0.25) is 0 Å². The van der Waals surface area contributed by atoms with Crippen LogP contribution in [0, 0.1) is 0 Å². The number of nitrogens with one attached hydrogen (secondary N) is 1. The van der Waals surface area contributed by atoms with Crippen LogP contribution in [0.3, 0.4) is 0 Å². The molecule has 0 saturated carbocycles. The molecular formula is C20H16N2O5S. The fraction of sp³-hybridized carbons (Fsp3) is 0.150. The number of nitrogens with zero attached hydrogens (tertiary/aromatic N) is 1. The van der Waals surface area contributed by atoms with Gasteiger partial charge in [-0.05, 0) is 43.3 Å². The highest BCUT2D eigenvalue weighted by atomic mass is 32.1. The summed E-state index contributed by atoms with van der Waals surface area (Å²) in [5.41, 5.74) is 0.752. The van der Waals surface area contributed by atoms with Crippen LogP contribution in [0.4, 0.5) is 5.13 Å². The summed E-state index contributed by atoms with van der Waals surface area (Å²) in [7, 11) is 0. The van der Waals surface area contributed by atoms with Crippen molar-refractivity contribution >= 4 is 43.6 Å². The van der Waals surface area contributed by atoms with Gasteiger partial charge in [0.2, 0.25) is 0 Å². The molecule has 7 nitrogen and oxygen atoms in total. The second-order valence-corrected chi connectivity index (χ2v) is 6.90. The Labute approximate surface area is 163 Å². The number of hydrogen-bond donors (Lipinski definition) is 1. The standard InChI is InChI=1S/C20H16N2O5S/c1-2-25-14-6-7-15-17(10-14)28-20(21-15)22-18(23)11-26-13-5-3-12-4-8-19(24)27-16(12)9-13/h3-10H,2,11H2,1H3,(H,21,22,23). The minimum absolute atomic E-state index is 0.192. The molecule has 0 unspecified atom stereocenters. The predicted molar refractivity (Wildman–Crippen MR) is 107 cm³/mol. The van der Waals surface area contributed by atoms with Gasteiger partial charge in [0.05, 0.1) is 16.8 Å². The van der Waals surface area contributed by atoms with Gasteiger partial charge in [-0.25, -0.2) is 9.78 Å². The van der Waals surface area contributed by atoms with Crippen LogP contribution < -0.4 is 20.4 Å². The van der Waals surface area contributed by atoms with E-state index in [0.29, 0.717) is 23.1 Å². The van der Waals surface area contributed by atoms with Gasteiger partial charge in [0.15, 0.2) is 11.7 Å². The first kappa shape index (κ1) is 18.0. The molecule has 4 aromatic rings. The van der Waals surface area contributed by atoms with E-state index >= 15 is 0 Å². The molecule has 4 rings (SSSR count). The maximum atomic E-state index is 12.2. The van der Waals surface area contributed by atoms with Crippen LogP contribution >= 0.6 is 11.3 Å². The summed E-state index contributed by atoms with van der Waals surface area (Å²) in [5, 5.41) is 3.99. The Morgan fingerprint density at radius 1 is 1.11 bits per heavy atom. The lowest BCUT2D eigenvalue weighted by Crippen LogP contribution is -2.20. The monoisotopic (exact) mass is 396 g/mol. The van der Waals surface area contributed by atoms with E-state index < -0.39 is 5.63 Å². The third-order valence-corrected chi connectivity index (χ3v) is 4.82. The quantitative estimate of drug-likeness (QED) is 0.498. The molecule has 0 radical (unpaired) electrons. The van der Waals surface area contributed by atoms with E-state index in [2.05, 4.69) is 10.3 Å². The van der Waals surface area contributed by atoms with Gasteiger partial charge in [0.25, 0.3) is 5.91 Å². The summed E-state index contributed by atoms with van der Waals surface area (Å²) in [6.45, 7) is 2.32. The fourth-order valence-electron chi connectivity index (χ4n) is 2.65. The van der Waals surface area contributed by atoms with Crippen molar-refractivity contribution in [2.75, 3.05) is 18.5 Å². The fourth-order valence-corrected chi connectivity index (χ4v) is 3.56. The summed E-state index contributed by atoms with van der Waals surface area (Å²) in [4.78, 5) is 27.9. The number of benzene rings is 2. The summed E-state index contributed by atoms with van der Waals surface area (Å²) < 4.78 is 17.0. The molecular weight excluding hydrogens is 380 g/mol. The van der Waals surface area contributed by atoms with Gasteiger partial charge in [0, 0.05) is 17.5 Å². The van der Waals surface area contributed by atoms with Gasteiger partial charge in [-0.15, -0.1) is 0 Å². The molecule has 0 fully saturated rings. The number of aromatic nitrogens is 1. The zero-order chi connectivity index (χ0) is 19.5. The summed E-state index contributed by atoms with van der Waals surface area (Å²) in [6, 6.07) is 13.7. The Balaban J connectivity index is 1.41. The Kier molecular flexibility index (Phi) is 4.94. The average molecular weight is 396 g/mol. The average Bonchev–Trinajstić information content (AvgIpc) is 3.07. The minimum Gasteiger partial charge on any atom is -0.494 e. The van der Waals surface area contributed by atoms with Crippen LogP contribution in [-0.4, -0.2) is 24.1 Å². The maximum Gasteiger partial charge on any atom is 0.336 e. The first-order valence-electron chi connectivity index (χ1n) is 8.60. The van der Waals surface area contributed by atoms with Crippen LogP contribution in [0.25, 0.3) is 21.2 Å². The third kappa shape index (κ3) is 3.96. The van der Waals surface area contributed by atoms with Crippen molar-refractivity contribution < 1.29 is 18.7 Å². The Bertz CT molecular complexity index is 1210. The minimum atomic E-state index is -0.439.